The lowest BCUT2D eigenvalue weighted by molar-refractivity contribution is 0.338. The number of aromatic nitrogens is 1. The predicted molar refractivity (Wildman–Crippen MR) is 84.8 cm³/mol. The molecule has 2 saturated heterocycles. The number of oxazole rings is 1. The van der Waals surface area contributed by atoms with Crippen LogP contribution in [-0.4, -0.2) is 43.5 Å². The van der Waals surface area contributed by atoms with Gasteiger partial charge >= 0.3 is 5.76 Å². The zero-order valence-corrected chi connectivity index (χ0v) is 13.7. The Morgan fingerprint density at radius 1 is 1.30 bits per heavy atom. The summed E-state index contributed by atoms with van der Waals surface area (Å²) >= 11 is 0. The molecule has 1 atom stereocenters. The topological polar surface area (TPSA) is 84.5 Å². The van der Waals surface area contributed by atoms with Crippen molar-refractivity contribution in [3.05, 3.63) is 28.7 Å². The molecule has 8 heteroatoms. The van der Waals surface area contributed by atoms with E-state index in [1.54, 1.807) is 23.5 Å². The Hall–Kier alpha value is -1.64. The number of fused-ring (bicyclic) bond motifs is 1. The fourth-order valence-electron chi connectivity index (χ4n) is 3.67. The van der Waals surface area contributed by atoms with E-state index in [1.807, 2.05) is 0 Å². The maximum absolute atomic E-state index is 12.9. The van der Waals surface area contributed by atoms with Crippen molar-refractivity contribution in [3.63, 3.8) is 0 Å². The zero-order chi connectivity index (χ0) is 16.2. The van der Waals surface area contributed by atoms with Crippen molar-refractivity contribution < 1.29 is 12.8 Å². The number of hydrogen-bond acceptors (Lipinski definition) is 5. The van der Waals surface area contributed by atoms with Crippen LogP contribution >= 0.6 is 0 Å². The molecule has 4 rings (SSSR count). The normalized spacial score (nSPS) is 25.8. The molecule has 0 aliphatic carbocycles. The molecule has 1 aromatic heterocycles. The Morgan fingerprint density at radius 3 is 2.87 bits per heavy atom. The van der Waals surface area contributed by atoms with Crippen LogP contribution in [-0.2, 0) is 17.1 Å². The van der Waals surface area contributed by atoms with Gasteiger partial charge in [-0.05, 0) is 36.9 Å². The van der Waals surface area contributed by atoms with Crippen LogP contribution in [0.25, 0.3) is 11.1 Å². The van der Waals surface area contributed by atoms with E-state index < -0.39 is 15.8 Å². The summed E-state index contributed by atoms with van der Waals surface area (Å²) in [7, 11) is -1.97. The maximum atomic E-state index is 12.9. The van der Waals surface area contributed by atoms with Gasteiger partial charge in [-0.1, -0.05) is 0 Å². The molecule has 0 radical (unpaired) electrons. The van der Waals surface area contributed by atoms with Crippen LogP contribution in [0.3, 0.4) is 0 Å². The van der Waals surface area contributed by atoms with Crippen LogP contribution in [0.15, 0.2) is 32.3 Å². The molecule has 0 saturated carbocycles. The first-order chi connectivity index (χ1) is 10.9. The molecule has 1 spiro atoms. The van der Waals surface area contributed by atoms with Crippen LogP contribution in [0.5, 0.6) is 0 Å². The molecular weight excluding hydrogens is 318 g/mol. The summed E-state index contributed by atoms with van der Waals surface area (Å²) in [5.41, 5.74) is 0.970. The van der Waals surface area contributed by atoms with Gasteiger partial charge in [-0.15, -0.1) is 0 Å². The Bertz CT molecular complexity index is 922. The van der Waals surface area contributed by atoms with Crippen LogP contribution in [0, 0.1) is 5.41 Å². The first kappa shape index (κ1) is 14.9. The molecule has 2 aromatic rings. The van der Waals surface area contributed by atoms with Gasteiger partial charge in [0.15, 0.2) is 5.58 Å². The molecule has 0 amide bonds. The molecule has 2 fully saturated rings. The number of sulfonamides is 1. The maximum Gasteiger partial charge on any atom is 0.419 e. The van der Waals surface area contributed by atoms with E-state index in [0.29, 0.717) is 24.2 Å². The fourth-order valence-corrected chi connectivity index (χ4v) is 5.24. The van der Waals surface area contributed by atoms with Gasteiger partial charge in [0, 0.05) is 32.7 Å². The van der Waals surface area contributed by atoms with Gasteiger partial charge in [0.2, 0.25) is 10.0 Å². The van der Waals surface area contributed by atoms with Crippen LogP contribution in [0.1, 0.15) is 12.8 Å². The smallest absolute Gasteiger partial charge is 0.408 e. The molecule has 7 nitrogen and oxygen atoms in total. The SMILES string of the molecule is Cn1c(=O)oc2cc(S(=O)(=O)N3CCC4(CCNC4)C3)ccc21. The Kier molecular flexibility index (Phi) is 3.20. The Labute approximate surface area is 133 Å². The summed E-state index contributed by atoms with van der Waals surface area (Å²) in [4.78, 5) is 11.7. The summed E-state index contributed by atoms with van der Waals surface area (Å²) in [6, 6.07) is 4.62. The third kappa shape index (κ3) is 2.24. The van der Waals surface area contributed by atoms with E-state index in [9.17, 15) is 13.2 Å². The van der Waals surface area contributed by atoms with Gasteiger partial charge in [-0.25, -0.2) is 13.2 Å². The van der Waals surface area contributed by atoms with Crippen molar-refractivity contribution in [2.24, 2.45) is 12.5 Å². The highest BCUT2D eigenvalue weighted by Gasteiger charge is 2.44. The van der Waals surface area contributed by atoms with Gasteiger partial charge in [0.05, 0.1) is 10.4 Å². The van der Waals surface area contributed by atoms with Crippen molar-refractivity contribution >= 4 is 21.1 Å². The Balaban J connectivity index is 1.70. The summed E-state index contributed by atoms with van der Waals surface area (Å²) in [6.45, 7) is 2.93. The molecule has 2 aliphatic rings. The van der Waals surface area contributed by atoms with Crippen molar-refractivity contribution in [1.29, 1.82) is 0 Å². The van der Waals surface area contributed by atoms with Crippen molar-refractivity contribution in [2.45, 2.75) is 17.7 Å². The highest BCUT2D eigenvalue weighted by atomic mass is 32.2. The number of hydrogen-bond donors (Lipinski definition) is 1. The largest absolute Gasteiger partial charge is 0.419 e. The van der Waals surface area contributed by atoms with Gasteiger partial charge in [0.1, 0.15) is 0 Å². The molecule has 0 bridgehead atoms. The summed E-state index contributed by atoms with van der Waals surface area (Å²) in [6.07, 6.45) is 1.91. The number of nitrogens with one attached hydrogen (secondary N) is 1. The standard InChI is InChI=1S/C15H19N3O4S/c1-17-12-3-2-11(8-13(12)22-14(17)19)23(20,21)18-7-5-15(10-18)4-6-16-9-15/h2-3,8,16H,4-7,9-10H2,1H3. The van der Waals surface area contributed by atoms with Gasteiger partial charge in [0.25, 0.3) is 0 Å². The second-order valence-corrected chi connectivity index (χ2v) is 8.51. The van der Waals surface area contributed by atoms with Crippen LogP contribution < -0.4 is 11.1 Å². The Morgan fingerprint density at radius 2 is 2.13 bits per heavy atom. The van der Waals surface area contributed by atoms with Crippen molar-refractivity contribution in [1.82, 2.24) is 14.2 Å². The van der Waals surface area contributed by atoms with E-state index in [2.05, 4.69) is 5.32 Å². The van der Waals surface area contributed by atoms with Gasteiger partial charge in [-0.3, -0.25) is 4.57 Å². The summed E-state index contributed by atoms with van der Waals surface area (Å²) in [5.74, 6) is -0.494. The van der Waals surface area contributed by atoms with E-state index >= 15 is 0 Å². The lowest BCUT2D eigenvalue weighted by atomic mass is 9.87. The molecule has 1 aromatic carbocycles. The monoisotopic (exact) mass is 337 g/mol. The highest BCUT2D eigenvalue weighted by molar-refractivity contribution is 7.89. The summed E-state index contributed by atoms with van der Waals surface area (Å²) < 4.78 is 33.8. The number of nitrogens with zero attached hydrogens (tertiary/aromatic N) is 2. The minimum absolute atomic E-state index is 0.0798. The minimum atomic E-state index is -3.56. The average Bonchev–Trinajstić information content (AvgIpc) is 3.22. The molecule has 2 aliphatic heterocycles. The van der Waals surface area contributed by atoms with E-state index in [4.69, 9.17) is 4.42 Å². The predicted octanol–water partition coefficient (Wildman–Crippen LogP) is 0.506. The first-order valence-corrected chi connectivity index (χ1v) is 9.16. The highest BCUT2D eigenvalue weighted by Crippen LogP contribution is 2.38. The quantitative estimate of drug-likeness (QED) is 0.863. The molecule has 1 N–H and O–H groups in total. The average molecular weight is 337 g/mol. The first-order valence-electron chi connectivity index (χ1n) is 7.72. The van der Waals surface area contributed by atoms with Crippen LogP contribution in [0.4, 0.5) is 0 Å². The van der Waals surface area contributed by atoms with Crippen molar-refractivity contribution in [3.8, 4) is 0 Å². The zero-order valence-electron chi connectivity index (χ0n) is 12.9. The van der Waals surface area contributed by atoms with Crippen LogP contribution in [0.2, 0.25) is 0 Å². The fraction of sp³-hybridized carbons (Fsp3) is 0.533. The number of aryl methyl sites for hydroxylation is 1. The third-order valence-corrected chi connectivity index (χ3v) is 6.98. The van der Waals surface area contributed by atoms with Crippen molar-refractivity contribution in [2.75, 3.05) is 26.2 Å². The second kappa shape index (κ2) is 4.93. The summed E-state index contributed by atoms with van der Waals surface area (Å²) in [5, 5.41) is 3.33. The molecule has 1 unspecified atom stereocenters. The van der Waals surface area contributed by atoms with E-state index in [-0.39, 0.29) is 10.3 Å². The third-order valence-electron chi connectivity index (χ3n) is 5.14. The van der Waals surface area contributed by atoms with E-state index in [1.165, 1.54) is 10.6 Å². The lowest BCUT2D eigenvalue weighted by Gasteiger charge is -2.22. The lowest BCUT2D eigenvalue weighted by Crippen LogP contribution is -2.33. The number of benzene rings is 1. The molecule has 3 heterocycles. The van der Waals surface area contributed by atoms with Gasteiger partial charge < -0.3 is 9.73 Å². The minimum Gasteiger partial charge on any atom is -0.408 e. The van der Waals surface area contributed by atoms with E-state index in [0.717, 1.165) is 25.9 Å². The molecule has 124 valence electrons. The molecule has 23 heavy (non-hydrogen) atoms. The second-order valence-electron chi connectivity index (χ2n) is 6.57. The molecular formula is C15H19N3O4S. The number of rotatable bonds is 2. The van der Waals surface area contributed by atoms with Gasteiger partial charge in [-0.2, -0.15) is 4.31 Å².